The topological polar surface area (TPSA) is 78.2 Å². The zero-order valence-corrected chi connectivity index (χ0v) is 24.1. The molecular formula is C29H20Cl2F6N2O3S. The van der Waals surface area contributed by atoms with Gasteiger partial charge < -0.3 is 0 Å². The van der Waals surface area contributed by atoms with Crippen LogP contribution in [0.15, 0.2) is 88.8 Å². The van der Waals surface area contributed by atoms with Crippen molar-refractivity contribution >= 4 is 51.2 Å². The van der Waals surface area contributed by atoms with E-state index < -0.39 is 52.4 Å². The van der Waals surface area contributed by atoms with Gasteiger partial charge in [0, 0.05) is 24.2 Å². The normalized spacial score (nSPS) is 16.5. The van der Waals surface area contributed by atoms with Gasteiger partial charge in [-0.3, -0.25) is 4.79 Å². The summed E-state index contributed by atoms with van der Waals surface area (Å²) in [4.78, 5) is 13.2. The molecule has 1 saturated heterocycles. The number of halogens is 8. The zero-order chi connectivity index (χ0) is 32.0. The van der Waals surface area contributed by atoms with Crippen LogP contribution in [-0.4, -0.2) is 36.9 Å². The van der Waals surface area contributed by atoms with Crippen LogP contribution in [-0.2, 0) is 27.2 Å². The molecule has 0 radical (unpaired) electrons. The standard InChI is InChI=1S/C28H18F6N2O3S.CH2Cl2/c29-27(30,31)23-7-1-18(2-8-23)13-21-16-36(40(38,39)25-11-5-20(15-35)6-12-25)17-22(26(21)37)14-19-3-9-24(10-4-19)28(32,33)34;2-1-3/h1-14H,16-17H2;1H2/b21-13+,22-14+;. The van der Waals surface area contributed by atoms with E-state index in [0.29, 0.717) is 0 Å². The van der Waals surface area contributed by atoms with E-state index in [9.17, 15) is 39.6 Å². The minimum atomic E-state index is -4.57. The first-order chi connectivity index (χ1) is 20.1. The van der Waals surface area contributed by atoms with Crippen molar-refractivity contribution in [1.82, 2.24) is 4.31 Å². The number of nitriles is 1. The Morgan fingerprint density at radius 2 is 1.12 bits per heavy atom. The molecule has 3 aromatic carbocycles. The summed E-state index contributed by atoms with van der Waals surface area (Å²) >= 11 is 9.53. The van der Waals surface area contributed by atoms with Gasteiger partial charge in [0.15, 0.2) is 5.78 Å². The van der Waals surface area contributed by atoms with Crippen molar-refractivity contribution in [1.29, 1.82) is 5.26 Å². The Morgan fingerprint density at radius 3 is 1.44 bits per heavy atom. The molecule has 0 bridgehead atoms. The first-order valence-corrected chi connectivity index (χ1v) is 14.5. The van der Waals surface area contributed by atoms with Crippen LogP contribution in [0.4, 0.5) is 26.3 Å². The summed E-state index contributed by atoms with van der Waals surface area (Å²) in [5, 5.41) is 9.19. The van der Waals surface area contributed by atoms with Crippen molar-refractivity contribution in [2.75, 3.05) is 18.4 Å². The van der Waals surface area contributed by atoms with Crippen LogP contribution in [0.5, 0.6) is 0 Å². The van der Waals surface area contributed by atoms with Crippen molar-refractivity contribution in [3.05, 3.63) is 112 Å². The van der Waals surface area contributed by atoms with E-state index in [1.54, 1.807) is 0 Å². The molecule has 1 aliphatic heterocycles. The predicted molar refractivity (Wildman–Crippen MR) is 150 cm³/mol. The molecule has 4 rings (SSSR count). The number of ketones is 1. The number of sulfonamides is 1. The number of benzene rings is 3. The molecule has 1 aliphatic rings. The van der Waals surface area contributed by atoms with Crippen LogP contribution in [0.25, 0.3) is 12.2 Å². The molecule has 0 atom stereocenters. The predicted octanol–water partition coefficient (Wildman–Crippen LogP) is 7.76. The van der Waals surface area contributed by atoms with E-state index in [0.717, 1.165) is 52.8 Å². The average Bonchev–Trinajstić information content (AvgIpc) is 2.95. The van der Waals surface area contributed by atoms with Gasteiger partial charge in [-0.25, -0.2) is 8.42 Å². The van der Waals surface area contributed by atoms with Crippen LogP contribution in [0.1, 0.15) is 27.8 Å². The summed E-state index contributed by atoms with van der Waals surface area (Å²) in [5.41, 5.74) is -1.28. The maximum absolute atomic E-state index is 13.4. The molecule has 0 unspecified atom stereocenters. The maximum Gasteiger partial charge on any atom is 0.416 e. The molecule has 0 aromatic heterocycles. The van der Waals surface area contributed by atoms with Crippen molar-refractivity contribution in [3.63, 3.8) is 0 Å². The lowest BCUT2D eigenvalue weighted by Crippen LogP contribution is -2.41. The molecular weight excluding hydrogens is 641 g/mol. The Kier molecular flexibility index (Phi) is 10.8. The third-order valence-corrected chi connectivity index (χ3v) is 7.86. The number of carbonyl (C=O) groups excluding carboxylic acids is 1. The number of piperidine rings is 1. The molecule has 14 heteroatoms. The number of rotatable bonds is 4. The second-order valence-corrected chi connectivity index (χ2v) is 11.7. The highest BCUT2D eigenvalue weighted by molar-refractivity contribution is 7.89. The summed E-state index contributed by atoms with van der Waals surface area (Å²) in [6, 6.07) is 14.8. The smallest absolute Gasteiger partial charge is 0.289 e. The second kappa shape index (κ2) is 13.8. The Hall–Kier alpha value is -3.63. The number of hydrogen-bond acceptors (Lipinski definition) is 4. The highest BCUT2D eigenvalue weighted by atomic mass is 35.5. The highest BCUT2D eigenvalue weighted by Crippen LogP contribution is 2.32. The molecule has 0 amide bonds. The van der Waals surface area contributed by atoms with Gasteiger partial charge in [-0.05, 0) is 71.8 Å². The number of alkyl halides is 8. The lowest BCUT2D eigenvalue weighted by atomic mass is 9.95. The third-order valence-electron chi connectivity index (χ3n) is 6.06. The van der Waals surface area contributed by atoms with Gasteiger partial charge >= 0.3 is 12.4 Å². The van der Waals surface area contributed by atoms with E-state index in [2.05, 4.69) is 0 Å². The number of nitrogens with zero attached hydrogens (tertiary/aromatic N) is 2. The van der Waals surface area contributed by atoms with Crippen molar-refractivity contribution in [2.24, 2.45) is 0 Å². The maximum atomic E-state index is 13.4. The Bertz CT molecular complexity index is 1580. The van der Waals surface area contributed by atoms with E-state index in [-0.39, 0.29) is 38.1 Å². The van der Waals surface area contributed by atoms with Gasteiger partial charge in [0.1, 0.15) is 0 Å². The van der Waals surface area contributed by atoms with E-state index in [4.69, 9.17) is 28.5 Å². The molecule has 0 saturated carbocycles. The number of hydrogen-bond donors (Lipinski definition) is 0. The molecule has 0 aliphatic carbocycles. The third kappa shape index (κ3) is 8.70. The Morgan fingerprint density at radius 1 is 0.744 bits per heavy atom. The minimum Gasteiger partial charge on any atom is -0.289 e. The minimum absolute atomic E-state index is 0.0543. The molecule has 5 nitrogen and oxygen atoms in total. The number of carbonyl (C=O) groups is 1. The fourth-order valence-corrected chi connectivity index (χ4v) is 5.36. The van der Waals surface area contributed by atoms with Crippen LogP contribution in [0.3, 0.4) is 0 Å². The SMILES string of the molecule is ClCCl.N#Cc1ccc(S(=O)(=O)N2C/C(=C\c3ccc(C(F)(F)F)cc3)C(=O)/C(=C/c3ccc(C(F)(F)F)cc3)C2)cc1. The average molecular weight is 661 g/mol. The van der Waals surface area contributed by atoms with Crippen molar-refractivity contribution in [3.8, 4) is 6.07 Å². The number of Topliss-reactive ketones (excluding diaryl/α,β-unsaturated/α-hetero) is 1. The molecule has 3 aromatic rings. The van der Waals surface area contributed by atoms with Crippen LogP contribution in [0.2, 0.25) is 0 Å². The largest absolute Gasteiger partial charge is 0.416 e. The van der Waals surface area contributed by atoms with Crippen molar-refractivity contribution < 1.29 is 39.6 Å². The van der Waals surface area contributed by atoms with E-state index in [1.165, 1.54) is 36.4 Å². The zero-order valence-electron chi connectivity index (χ0n) is 21.8. The fourth-order valence-electron chi connectivity index (χ4n) is 3.97. The molecule has 43 heavy (non-hydrogen) atoms. The van der Waals surface area contributed by atoms with Gasteiger partial charge in [-0.1, -0.05) is 24.3 Å². The fraction of sp³-hybridized carbons (Fsp3) is 0.172. The van der Waals surface area contributed by atoms with Crippen LogP contribution >= 0.6 is 23.2 Å². The van der Waals surface area contributed by atoms with E-state index >= 15 is 0 Å². The second-order valence-electron chi connectivity index (χ2n) is 8.92. The molecule has 1 heterocycles. The highest BCUT2D eigenvalue weighted by Gasteiger charge is 2.35. The first-order valence-electron chi connectivity index (χ1n) is 12.0. The summed E-state index contributed by atoms with van der Waals surface area (Å²) in [6.07, 6.45) is -6.61. The van der Waals surface area contributed by atoms with Gasteiger partial charge in [0.25, 0.3) is 0 Å². The lowest BCUT2D eigenvalue weighted by Gasteiger charge is -2.29. The Labute approximate surface area is 253 Å². The van der Waals surface area contributed by atoms with E-state index in [1.807, 2.05) is 6.07 Å². The van der Waals surface area contributed by atoms with Crippen molar-refractivity contribution in [2.45, 2.75) is 17.2 Å². The molecule has 0 spiro atoms. The summed E-state index contributed by atoms with van der Waals surface area (Å²) in [7, 11) is -4.22. The Balaban J connectivity index is 0.00000162. The lowest BCUT2D eigenvalue weighted by molar-refractivity contribution is -0.138. The molecule has 226 valence electrons. The van der Waals surface area contributed by atoms with Crippen LogP contribution < -0.4 is 0 Å². The molecule has 0 N–H and O–H groups in total. The van der Waals surface area contributed by atoms with Gasteiger partial charge in [0.05, 0.1) is 33.0 Å². The first kappa shape index (κ1) is 33.9. The summed E-state index contributed by atoms with van der Waals surface area (Å²) < 4.78 is 106. The van der Waals surface area contributed by atoms with Gasteiger partial charge in [-0.2, -0.15) is 35.9 Å². The summed E-state index contributed by atoms with van der Waals surface area (Å²) in [5.74, 6) is -0.605. The van der Waals surface area contributed by atoms with Gasteiger partial charge in [0.2, 0.25) is 10.0 Å². The quantitative estimate of drug-likeness (QED) is 0.163. The van der Waals surface area contributed by atoms with Crippen LogP contribution in [0, 0.1) is 11.3 Å². The van der Waals surface area contributed by atoms with Gasteiger partial charge in [-0.15, -0.1) is 23.2 Å². The monoisotopic (exact) mass is 660 g/mol. The summed E-state index contributed by atoms with van der Waals surface area (Å²) in [6.45, 7) is -0.820. The molecule has 1 fully saturated rings.